The van der Waals surface area contributed by atoms with Crippen LogP contribution in [0.1, 0.15) is 23.7 Å². The molecule has 16 heavy (non-hydrogen) atoms. The molecule has 2 nitrogen and oxygen atoms in total. The molecule has 0 saturated heterocycles. The molecule has 0 atom stereocenters. The Labute approximate surface area is 98.8 Å². The Morgan fingerprint density at radius 3 is 2.75 bits per heavy atom. The Hall–Kier alpha value is -1.54. The fourth-order valence-corrected chi connectivity index (χ4v) is 1.67. The molecule has 0 fully saturated rings. The Morgan fingerprint density at radius 1 is 1.31 bits per heavy atom. The van der Waals surface area contributed by atoms with Crippen molar-refractivity contribution in [1.82, 2.24) is 0 Å². The van der Waals surface area contributed by atoms with Crippen LogP contribution in [0.4, 0.5) is 0 Å². The van der Waals surface area contributed by atoms with Gasteiger partial charge in [0.1, 0.15) is 5.76 Å². The highest BCUT2D eigenvalue weighted by Gasteiger charge is 2.07. The maximum atomic E-state index is 11.5. The SMILES string of the molecule is CCC(=O)c1cccc(-c2ccc(Cl)o2)c1. The van der Waals surface area contributed by atoms with Crippen molar-refractivity contribution in [2.75, 3.05) is 0 Å². The Kier molecular flexibility index (Phi) is 3.11. The van der Waals surface area contributed by atoms with Crippen LogP contribution in [0, 0.1) is 0 Å². The summed E-state index contributed by atoms with van der Waals surface area (Å²) in [6, 6.07) is 10.8. The highest BCUT2D eigenvalue weighted by Crippen LogP contribution is 2.25. The van der Waals surface area contributed by atoms with Crippen LogP contribution in [0.3, 0.4) is 0 Å². The third-order valence-corrected chi connectivity index (χ3v) is 2.57. The zero-order valence-corrected chi connectivity index (χ0v) is 9.62. The zero-order chi connectivity index (χ0) is 11.5. The van der Waals surface area contributed by atoms with Gasteiger partial charge in [-0.3, -0.25) is 4.79 Å². The van der Waals surface area contributed by atoms with Crippen LogP contribution in [-0.4, -0.2) is 5.78 Å². The molecule has 3 heteroatoms. The van der Waals surface area contributed by atoms with Gasteiger partial charge in [-0.25, -0.2) is 0 Å². The molecule has 0 aliphatic rings. The third-order valence-electron chi connectivity index (χ3n) is 2.36. The summed E-state index contributed by atoms with van der Waals surface area (Å²) in [4.78, 5) is 11.5. The standard InChI is InChI=1S/C13H11ClO2/c1-2-11(15)9-4-3-5-10(8-9)12-6-7-13(14)16-12/h3-8H,2H2,1H3. The predicted molar refractivity (Wildman–Crippen MR) is 63.8 cm³/mol. The number of hydrogen-bond donors (Lipinski definition) is 0. The number of benzene rings is 1. The van der Waals surface area contributed by atoms with Crippen LogP contribution in [0.5, 0.6) is 0 Å². The van der Waals surface area contributed by atoms with E-state index in [1.165, 1.54) is 0 Å². The number of hydrogen-bond acceptors (Lipinski definition) is 2. The largest absolute Gasteiger partial charge is 0.445 e. The van der Waals surface area contributed by atoms with Gasteiger partial charge in [0, 0.05) is 17.5 Å². The lowest BCUT2D eigenvalue weighted by Crippen LogP contribution is -1.95. The number of furan rings is 1. The maximum absolute atomic E-state index is 11.5. The van der Waals surface area contributed by atoms with E-state index in [1.807, 2.05) is 25.1 Å². The smallest absolute Gasteiger partial charge is 0.193 e. The topological polar surface area (TPSA) is 30.2 Å². The first-order valence-electron chi connectivity index (χ1n) is 5.09. The summed E-state index contributed by atoms with van der Waals surface area (Å²) in [5, 5.41) is 0.349. The monoisotopic (exact) mass is 234 g/mol. The van der Waals surface area contributed by atoms with Gasteiger partial charge in [0.2, 0.25) is 0 Å². The van der Waals surface area contributed by atoms with Gasteiger partial charge in [0.15, 0.2) is 11.0 Å². The molecule has 0 bridgehead atoms. The fraction of sp³-hybridized carbons (Fsp3) is 0.154. The highest BCUT2D eigenvalue weighted by molar-refractivity contribution is 6.29. The average Bonchev–Trinajstić information content (AvgIpc) is 2.75. The lowest BCUT2D eigenvalue weighted by Gasteiger charge is -2.00. The minimum Gasteiger partial charge on any atom is -0.445 e. The van der Waals surface area contributed by atoms with Gasteiger partial charge in [-0.2, -0.15) is 0 Å². The summed E-state index contributed by atoms with van der Waals surface area (Å²) >= 11 is 5.71. The van der Waals surface area contributed by atoms with Crippen molar-refractivity contribution >= 4 is 17.4 Å². The maximum Gasteiger partial charge on any atom is 0.193 e. The summed E-state index contributed by atoms with van der Waals surface area (Å²) in [6.45, 7) is 1.85. The molecule has 2 rings (SSSR count). The van der Waals surface area contributed by atoms with Crippen molar-refractivity contribution in [3.05, 3.63) is 47.2 Å². The molecular weight excluding hydrogens is 224 g/mol. The zero-order valence-electron chi connectivity index (χ0n) is 8.87. The van der Waals surface area contributed by atoms with Crippen LogP contribution in [0.25, 0.3) is 11.3 Å². The number of carbonyl (C=O) groups excluding carboxylic acids is 1. The molecule has 1 aromatic carbocycles. The van der Waals surface area contributed by atoms with Crippen LogP contribution < -0.4 is 0 Å². The van der Waals surface area contributed by atoms with Crippen molar-refractivity contribution in [3.8, 4) is 11.3 Å². The summed E-state index contributed by atoms with van der Waals surface area (Å²) < 4.78 is 5.29. The van der Waals surface area contributed by atoms with E-state index in [0.717, 1.165) is 5.56 Å². The number of carbonyl (C=O) groups is 1. The van der Waals surface area contributed by atoms with E-state index in [9.17, 15) is 4.79 Å². The van der Waals surface area contributed by atoms with Crippen molar-refractivity contribution in [2.24, 2.45) is 0 Å². The molecule has 0 saturated carbocycles. The van der Waals surface area contributed by atoms with Gasteiger partial charge >= 0.3 is 0 Å². The van der Waals surface area contributed by atoms with E-state index < -0.39 is 0 Å². The fourth-order valence-electron chi connectivity index (χ4n) is 1.52. The van der Waals surface area contributed by atoms with Gasteiger partial charge in [0.25, 0.3) is 0 Å². The molecule has 0 N–H and O–H groups in total. The van der Waals surface area contributed by atoms with E-state index >= 15 is 0 Å². The van der Waals surface area contributed by atoms with E-state index in [4.69, 9.17) is 16.0 Å². The molecule has 0 aliphatic carbocycles. The second-order valence-electron chi connectivity index (χ2n) is 3.46. The van der Waals surface area contributed by atoms with Gasteiger partial charge in [0.05, 0.1) is 0 Å². The Balaban J connectivity index is 2.39. The first-order chi connectivity index (χ1) is 7.70. The Bertz CT molecular complexity index is 514. The molecule has 0 unspecified atom stereocenters. The molecular formula is C13H11ClO2. The summed E-state index contributed by atoms with van der Waals surface area (Å²) in [6.07, 6.45) is 0.502. The molecule has 0 aliphatic heterocycles. The van der Waals surface area contributed by atoms with Crippen LogP contribution >= 0.6 is 11.6 Å². The normalized spacial score (nSPS) is 10.4. The molecule has 0 spiro atoms. The highest BCUT2D eigenvalue weighted by atomic mass is 35.5. The minimum atomic E-state index is 0.125. The van der Waals surface area contributed by atoms with Crippen LogP contribution in [0.2, 0.25) is 5.22 Å². The molecule has 82 valence electrons. The molecule has 1 aromatic heterocycles. The predicted octanol–water partition coefficient (Wildman–Crippen LogP) is 4.19. The summed E-state index contributed by atoms with van der Waals surface area (Å²) in [5.41, 5.74) is 1.57. The lowest BCUT2D eigenvalue weighted by molar-refractivity contribution is 0.0988. The number of rotatable bonds is 3. The first-order valence-corrected chi connectivity index (χ1v) is 5.47. The van der Waals surface area contributed by atoms with Crippen LogP contribution in [0.15, 0.2) is 40.8 Å². The lowest BCUT2D eigenvalue weighted by atomic mass is 10.0. The molecule has 0 amide bonds. The van der Waals surface area contributed by atoms with E-state index in [1.54, 1.807) is 18.2 Å². The van der Waals surface area contributed by atoms with E-state index in [0.29, 0.717) is 23.0 Å². The van der Waals surface area contributed by atoms with E-state index in [2.05, 4.69) is 0 Å². The number of ketones is 1. The van der Waals surface area contributed by atoms with Crippen molar-refractivity contribution in [3.63, 3.8) is 0 Å². The second kappa shape index (κ2) is 4.54. The average molecular weight is 235 g/mol. The first kappa shape index (κ1) is 11.0. The summed E-state index contributed by atoms with van der Waals surface area (Å²) in [5.74, 6) is 0.801. The number of Topliss-reactive ketones (excluding diaryl/α,β-unsaturated/α-hetero) is 1. The van der Waals surface area contributed by atoms with Crippen LogP contribution in [-0.2, 0) is 0 Å². The van der Waals surface area contributed by atoms with Crippen molar-refractivity contribution in [1.29, 1.82) is 0 Å². The van der Waals surface area contributed by atoms with Gasteiger partial charge in [-0.15, -0.1) is 0 Å². The second-order valence-corrected chi connectivity index (χ2v) is 3.83. The van der Waals surface area contributed by atoms with Gasteiger partial charge in [-0.1, -0.05) is 25.1 Å². The van der Waals surface area contributed by atoms with E-state index in [-0.39, 0.29) is 5.78 Å². The molecule has 0 radical (unpaired) electrons. The molecule has 2 aromatic rings. The van der Waals surface area contributed by atoms with Gasteiger partial charge in [-0.05, 0) is 29.8 Å². The minimum absolute atomic E-state index is 0.125. The Morgan fingerprint density at radius 2 is 2.12 bits per heavy atom. The van der Waals surface area contributed by atoms with Crippen molar-refractivity contribution < 1.29 is 9.21 Å². The summed E-state index contributed by atoms with van der Waals surface area (Å²) in [7, 11) is 0. The quantitative estimate of drug-likeness (QED) is 0.746. The van der Waals surface area contributed by atoms with Gasteiger partial charge < -0.3 is 4.42 Å². The van der Waals surface area contributed by atoms with Crippen molar-refractivity contribution in [2.45, 2.75) is 13.3 Å². The molecule has 1 heterocycles. The third kappa shape index (κ3) is 2.17. The number of halogens is 1.